The Kier molecular flexibility index (Phi) is 4.68. The monoisotopic (exact) mass is 311 g/mol. The molecule has 6 heteroatoms. The highest BCUT2D eigenvalue weighted by molar-refractivity contribution is 7.89. The smallest absolute Gasteiger partial charge is 0.324 e. The molecule has 5 nitrogen and oxygen atoms in total. The summed E-state index contributed by atoms with van der Waals surface area (Å²) in [7, 11) is -3.82. The van der Waals surface area contributed by atoms with Crippen LogP contribution in [0.25, 0.3) is 0 Å². The number of sulfonamides is 1. The van der Waals surface area contributed by atoms with E-state index in [2.05, 4.69) is 11.6 Å². The third-order valence-corrected chi connectivity index (χ3v) is 5.88. The molecule has 2 rings (SSSR count). The van der Waals surface area contributed by atoms with Crippen LogP contribution in [0.4, 0.5) is 0 Å². The van der Waals surface area contributed by atoms with Gasteiger partial charge in [0.1, 0.15) is 5.54 Å². The average Bonchev–Trinajstić information content (AvgIpc) is 2.48. The molecule has 1 saturated carbocycles. The molecule has 0 amide bonds. The second-order valence-electron chi connectivity index (χ2n) is 5.66. The fourth-order valence-electron chi connectivity index (χ4n) is 2.85. The molecule has 0 heterocycles. The Bertz CT molecular complexity index is 589. The van der Waals surface area contributed by atoms with Gasteiger partial charge in [0.05, 0.1) is 4.90 Å². The Morgan fingerprint density at radius 3 is 2.33 bits per heavy atom. The van der Waals surface area contributed by atoms with E-state index in [0.29, 0.717) is 18.8 Å². The van der Waals surface area contributed by atoms with Gasteiger partial charge in [0.25, 0.3) is 0 Å². The Hall–Kier alpha value is -1.40. The summed E-state index contributed by atoms with van der Waals surface area (Å²) in [6.07, 6.45) is 3.15. The Morgan fingerprint density at radius 2 is 1.86 bits per heavy atom. The predicted octanol–water partition coefficient (Wildman–Crippen LogP) is 2.39. The Morgan fingerprint density at radius 1 is 1.29 bits per heavy atom. The maximum Gasteiger partial charge on any atom is 0.324 e. The van der Waals surface area contributed by atoms with Gasteiger partial charge in [0, 0.05) is 0 Å². The maximum absolute atomic E-state index is 12.4. The minimum atomic E-state index is -3.82. The second-order valence-corrected chi connectivity index (χ2v) is 7.34. The summed E-state index contributed by atoms with van der Waals surface area (Å²) in [5.74, 6) is -0.602. The fraction of sp³-hybridized carbons (Fsp3) is 0.533. The molecule has 1 fully saturated rings. The minimum absolute atomic E-state index is 0.100. The summed E-state index contributed by atoms with van der Waals surface area (Å²) in [5, 5.41) is 9.53. The minimum Gasteiger partial charge on any atom is -0.480 e. The number of hydrogen-bond acceptors (Lipinski definition) is 3. The zero-order valence-electron chi connectivity index (χ0n) is 12.1. The number of carboxylic acids is 1. The maximum atomic E-state index is 12.4. The lowest BCUT2D eigenvalue weighted by Crippen LogP contribution is -2.56. The fourth-order valence-corrected chi connectivity index (χ4v) is 4.29. The molecule has 0 aromatic heterocycles. The van der Waals surface area contributed by atoms with E-state index in [4.69, 9.17) is 0 Å². The highest BCUT2D eigenvalue weighted by atomic mass is 32.2. The molecular formula is C15H21NO4S. The van der Waals surface area contributed by atoms with Crippen molar-refractivity contribution in [2.24, 2.45) is 5.92 Å². The van der Waals surface area contributed by atoms with Crippen molar-refractivity contribution in [2.45, 2.75) is 49.5 Å². The standard InChI is InChI=1S/C15H21NO4S/c1-2-12-8-10-15(11-9-12,14(17)18)16-21(19,20)13-6-4-3-5-7-13/h3-7,12,16H,2,8-11H2,1H3,(H,17,18). The molecule has 2 N–H and O–H groups in total. The van der Waals surface area contributed by atoms with E-state index in [1.165, 1.54) is 12.1 Å². The first kappa shape index (κ1) is 16.0. The summed E-state index contributed by atoms with van der Waals surface area (Å²) in [6, 6.07) is 7.90. The molecule has 116 valence electrons. The SMILES string of the molecule is CCC1CCC(NS(=O)(=O)c2ccccc2)(C(=O)O)CC1. The van der Waals surface area contributed by atoms with Gasteiger partial charge in [-0.05, 0) is 43.7 Å². The van der Waals surface area contributed by atoms with Crippen LogP contribution in [0.2, 0.25) is 0 Å². The predicted molar refractivity (Wildman–Crippen MR) is 79.4 cm³/mol. The second kappa shape index (κ2) is 6.15. The normalized spacial score (nSPS) is 26.4. The Labute approximate surface area is 125 Å². The van der Waals surface area contributed by atoms with Crippen molar-refractivity contribution in [1.29, 1.82) is 0 Å². The lowest BCUT2D eigenvalue weighted by Gasteiger charge is -2.36. The van der Waals surface area contributed by atoms with Crippen molar-refractivity contribution in [3.63, 3.8) is 0 Å². The lowest BCUT2D eigenvalue weighted by atomic mass is 9.76. The van der Waals surface area contributed by atoms with Crippen LogP contribution in [-0.4, -0.2) is 25.0 Å². The van der Waals surface area contributed by atoms with E-state index in [-0.39, 0.29) is 4.90 Å². The van der Waals surface area contributed by atoms with Gasteiger partial charge in [-0.3, -0.25) is 4.79 Å². The molecule has 0 saturated heterocycles. The van der Waals surface area contributed by atoms with Crippen molar-refractivity contribution < 1.29 is 18.3 Å². The molecule has 0 bridgehead atoms. The van der Waals surface area contributed by atoms with Gasteiger partial charge < -0.3 is 5.11 Å². The van der Waals surface area contributed by atoms with Crippen LogP contribution >= 0.6 is 0 Å². The van der Waals surface area contributed by atoms with Gasteiger partial charge in [-0.1, -0.05) is 31.5 Å². The van der Waals surface area contributed by atoms with Crippen LogP contribution in [0.15, 0.2) is 35.2 Å². The van der Waals surface area contributed by atoms with Crippen LogP contribution in [0, 0.1) is 5.92 Å². The first-order chi connectivity index (χ1) is 9.89. The first-order valence-corrected chi connectivity index (χ1v) is 8.70. The van der Waals surface area contributed by atoms with Gasteiger partial charge in [0.2, 0.25) is 10.0 Å². The zero-order valence-corrected chi connectivity index (χ0v) is 12.9. The van der Waals surface area contributed by atoms with E-state index >= 15 is 0 Å². The Balaban J connectivity index is 2.24. The highest BCUT2D eigenvalue weighted by Gasteiger charge is 2.44. The molecule has 21 heavy (non-hydrogen) atoms. The van der Waals surface area contributed by atoms with Crippen molar-refractivity contribution in [3.8, 4) is 0 Å². The summed E-state index contributed by atoms with van der Waals surface area (Å²) < 4.78 is 27.2. The lowest BCUT2D eigenvalue weighted by molar-refractivity contribution is -0.145. The van der Waals surface area contributed by atoms with E-state index in [1.54, 1.807) is 18.2 Å². The van der Waals surface area contributed by atoms with E-state index in [0.717, 1.165) is 19.3 Å². The van der Waals surface area contributed by atoms with E-state index in [9.17, 15) is 18.3 Å². The van der Waals surface area contributed by atoms with Crippen LogP contribution in [0.5, 0.6) is 0 Å². The number of carboxylic acid groups (broad SMARTS) is 1. The number of nitrogens with one attached hydrogen (secondary N) is 1. The van der Waals surface area contributed by atoms with Gasteiger partial charge in [-0.2, -0.15) is 4.72 Å². The van der Waals surface area contributed by atoms with Crippen molar-refractivity contribution in [1.82, 2.24) is 4.72 Å². The molecule has 1 aliphatic rings. The van der Waals surface area contributed by atoms with E-state index in [1.807, 2.05) is 0 Å². The molecule has 0 atom stereocenters. The largest absolute Gasteiger partial charge is 0.480 e. The molecule has 0 unspecified atom stereocenters. The van der Waals surface area contributed by atoms with Gasteiger partial charge in [-0.15, -0.1) is 0 Å². The number of benzene rings is 1. The molecule has 0 spiro atoms. The molecular weight excluding hydrogens is 290 g/mol. The molecule has 1 aromatic rings. The quantitative estimate of drug-likeness (QED) is 0.874. The van der Waals surface area contributed by atoms with Crippen LogP contribution < -0.4 is 4.72 Å². The van der Waals surface area contributed by atoms with E-state index < -0.39 is 21.5 Å². The number of rotatable bonds is 5. The number of hydrogen-bond donors (Lipinski definition) is 2. The van der Waals surface area contributed by atoms with Gasteiger partial charge >= 0.3 is 5.97 Å². The highest BCUT2D eigenvalue weighted by Crippen LogP contribution is 2.35. The third kappa shape index (κ3) is 3.44. The van der Waals surface area contributed by atoms with Gasteiger partial charge in [-0.25, -0.2) is 8.42 Å². The number of carbonyl (C=O) groups is 1. The van der Waals surface area contributed by atoms with Crippen molar-refractivity contribution in [2.75, 3.05) is 0 Å². The molecule has 1 aliphatic carbocycles. The average molecular weight is 311 g/mol. The summed E-state index contributed by atoms with van der Waals surface area (Å²) >= 11 is 0. The van der Waals surface area contributed by atoms with Gasteiger partial charge in [0.15, 0.2) is 0 Å². The van der Waals surface area contributed by atoms with Crippen LogP contribution in [0.1, 0.15) is 39.0 Å². The molecule has 1 aromatic carbocycles. The molecule has 0 radical (unpaired) electrons. The topological polar surface area (TPSA) is 83.5 Å². The molecule has 0 aliphatic heterocycles. The summed E-state index contributed by atoms with van der Waals surface area (Å²) in [4.78, 5) is 11.8. The van der Waals surface area contributed by atoms with Crippen LogP contribution in [-0.2, 0) is 14.8 Å². The first-order valence-electron chi connectivity index (χ1n) is 7.22. The van der Waals surface area contributed by atoms with Crippen molar-refractivity contribution in [3.05, 3.63) is 30.3 Å². The summed E-state index contributed by atoms with van der Waals surface area (Å²) in [5.41, 5.74) is -1.37. The van der Waals surface area contributed by atoms with Crippen LogP contribution in [0.3, 0.4) is 0 Å². The number of aliphatic carboxylic acids is 1. The zero-order chi connectivity index (χ0) is 15.5. The van der Waals surface area contributed by atoms with Crippen molar-refractivity contribution >= 4 is 16.0 Å². The summed E-state index contributed by atoms with van der Waals surface area (Å²) in [6.45, 7) is 2.08. The third-order valence-electron chi connectivity index (χ3n) is 4.33.